The molecule has 2 rings (SSSR count). The number of amides is 1. The highest BCUT2D eigenvalue weighted by Crippen LogP contribution is 2.02. The molecule has 2 heterocycles. The minimum absolute atomic E-state index is 0.184. The van der Waals surface area contributed by atoms with E-state index in [1.165, 1.54) is 6.20 Å². The third kappa shape index (κ3) is 3.69. The third-order valence-electron chi connectivity index (χ3n) is 2.22. The molecule has 9 nitrogen and oxygen atoms in total. The minimum atomic E-state index is -0.336. The Hall–Kier alpha value is -2.58. The van der Waals surface area contributed by atoms with Crippen molar-refractivity contribution in [3.8, 4) is 0 Å². The predicted octanol–water partition coefficient (Wildman–Crippen LogP) is -0.258. The minimum Gasteiger partial charge on any atom is -0.369 e. The van der Waals surface area contributed by atoms with Crippen molar-refractivity contribution in [3.05, 3.63) is 23.9 Å². The monoisotopic (exact) mass is 262 g/mol. The molecule has 1 amide bonds. The fourth-order valence-electron chi connectivity index (χ4n) is 1.32. The van der Waals surface area contributed by atoms with Gasteiger partial charge in [-0.15, -0.1) is 10.2 Å². The lowest BCUT2D eigenvalue weighted by atomic mass is 10.4. The second kappa shape index (κ2) is 6.38. The van der Waals surface area contributed by atoms with Crippen LogP contribution in [0.1, 0.15) is 29.7 Å². The van der Waals surface area contributed by atoms with Gasteiger partial charge in [-0.2, -0.15) is 5.21 Å². The fraction of sp³-hybridized carbons (Fsp3) is 0.400. The first-order valence-electron chi connectivity index (χ1n) is 5.86. The first-order chi connectivity index (χ1) is 9.29. The summed E-state index contributed by atoms with van der Waals surface area (Å²) >= 11 is 0. The molecule has 0 aliphatic heterocycles. The van der Waals surface area contributed by atoms with E-state index in [4.69, 9.17) is 0 Å². The second-order valence-electron chi connectivity index (χ2n) is 3.73. The van der Waals surface area contributed by atoms with E-state index in [1.54, 1.807) is 6.20 Å². The van der Waals surface area contributed by atoms with Crippen LogP contribution in [0.4, 0.5) is 5.82 Å². The highest BCUT2D eigenvalue weighted by Gasteiger charge is 2.09. The predicted molar refractivity (Wildman–Crippen MR) is 66.2 cm³/mol. The summed E-state index contributed by atoms with van der Waals surface area (Å²) in [7, 11) is 0. The Balaban J connectivity index is 1.94. The quantitative estimate of drug-likeness (QED) is 0.655. The number of nitrogens with zero attached hydrogens (tertiary/aromatic N) is 5. The molecule has 19 heavy (non-hydrogen) atoms. The van der Waals surface area contributed by atoms with Crippen LogP contribution in [0, 0.1) is 0 Å². The summed E-state index contributed by atoms with van der Waals surface area (Å²) in [6, 6.07) is 0. The van der Waals surface area contributed by atoms with E-state index in [9.17, 15) is 4.79 Å². The first kappa shape index (κ1) is 12.9. The van der Waals surface area contributed by atoms with E-state index in [1.807, 2.05) is 6.92 Å². The summed E-state index contributed by atoms with van der Waals surface area (Å²) in [6.07, 6.45) is 3.95. The van der Waals surface area contributed by atoms with Gasteiger partial charge in [-0.3, -0.25) is 9.78 Å². The Morgan fingerprint density at radius 1 is 1.42 bits per heavy atom. The lowest BCUT2D eigenvalue weighted by Gasteiger charge is -2.05. The van der Waals surface area contributed by atoms with Crippen molar-refractivity contribution >= 4 is 11.7 Å². The van der Waals surface area contributed by atoms with Crippen LogP contribution in [-0.4, -0.2) is 43.0 Å². The maximum Gasteiger partial charge on any atom is 0.271 e. The van der Waals surface area contributed by atoms with Gasteiger partial charge in [-0.1, -0.05) is 12.1 Å². The van der Waals surface area contributed by atoms with E-state index >= 15 is 0 Å². The average Bonchev–Trinajstić information content (AvgIpc) is 2.96. The lowest BCUT2D eigenvalue weighted by Crippen LogP contribution is -2.25. The van der Waals surface area contributed by atoms with E-state index in [2.05, 4.69) is 41.2 Å². The molecule has 0 spiro atoms. The number of rotatable bonds is 6. The summed E-state index contributed by atoms with van der Waals surface area (Å²) in [5.41, 5.74) is 0.240. The number of hydrogen-bond donors (Lipinski definition) is 3. The van der Waals surface area contributed by atoms with Gasteiger partial charge in [0.05, 0.1) is 18.9 Å². The van der Waals surface area contributed by atoms with E-state index in [0.29, 0.717) is 11.6 Å². The molecule has 9 heteroatoms. The van der Waals surface area contributed by atoms with E-state index < -0.39 is 0 Å². The summed E-state index contributed by atoms with van der Waals surface area (Å²) in [6.45, 7) is 3.01. The Bertz CT molecular complexity index is 526. The summed E-state index contributed by atoms with van der Waals surface area (Å²) in [5, 5.41) is 18.9. The van der Waals surface area contributed by atoms with Gasteiger partial charge in [0, 0.05) is 6.54 Å². The van der Waals surface area contributed by atoms with Crippen LogP contribution < -0.4 is 10.6 Å². The second-order valence-corrected chi connectivity index (χ2v) is 3.73. The number of aromatic amines is 1. The average molecular weight is 262 g/mol. The largest absolute Gasteiger partial charge is 0.369 e. The van der Waals surface area contributed by atoms with Gasteiger partial charge in [0.25, 0.3) is 5.91 Å². The Morgan fingerprint density at radius 3 is 3.05 bits per heavy atom. The Kier molecular flexibility index (Phi) is 4.32. The molecule has 0 unspecified atom stereocenters. The number of nitrogens with one attached hydrogen (secondary N) is 3. The van der Waals surface area contributed by atoms with Gasteiger partial charge in [-0.05, 0) is 6.42 Å². The molecule has 0 saturated heterocycles. The molecule has 2 aromatic rings. The molecule has 0 bridgehead atoms. The van der Waals surface area contributed by atoms with Gasteiger partial charge >= 0.3 is 0 Å². The van der Waals surface area contributed by atoms with Crippen LogP contribution in [0.3, 0.4) is 0 Å². The van der Waals surface area contributed by atoms with Crippen molar-refractivity contribution < 1.29 is 4.79 Å². The van der Waals surface area contributed by atoms with Gasteiger partial charge < -0.3 is 10.6 Å². The Labute approximate surface area is 109 Å². The van der Waals surface area contributed by atoms with Gasteiger partial charge in [0.15, 0.2) is 5.82 Å². The lowest BCUT2D eigenvalue weighted by molar-refractivity contribution is 0.0944. The standard InChI is InChI=1S/C10H14N8O/c1-2-3-12-8-5-11-4-7(14-8)10(19)13-6-9-15-17-18-16-9/h4-5H,2-3,6H2,1H3,(H,12,14)(H,13,19)(H,15,16,17,18). The number of carbonyl (C=O) groups excluding carboxylic acids is 1. The molecule has 2 aromatic heterocycles. The topological polar surface area (TPSA) is 121 Å². The first-order valence-corrected chi connectivity index (χ1v) is 5.86. The zero-order valence-corrected chi connectivity index (χ0v) is 10.4. The zero-order chi connectivity index (χ0) is 13.5. The van der Waals surface area contributed by atoms with Crippen LogP contribution >= 0.6 is 0 Å². The number of anilines is 1. The van der Waals surface area contributed by atoms with Gasteiger partial charge in [0.1, 0.15) is 11.5 Å². The molecule has 0 saturated carbocycles. The molecule has 0 aliphatic rings. The molecule has 0 fully saturated rings. The zero-order valence-electron chi connectivity index (χ0n) is 10.4. The maximum absolute atomic E-state index is 11.8. The van der Waals surface area contributed by atoms with E-state index in [-0.39, 0.29) is 18.1 Å². The fourth-order valence-corrected chi connectivity index (χ4v) is 1.32. The molecular weight excluding hydrogens is 248 g/mol. The van der Waals surface area contributed by atoms with Crippen molar-refractivity contribution in [2.75, 3.05) is 11.9 Å². The van der Waals surface area contributed by atoms with Crippen molar-refractivity contribution in [1.29, 1.82) is 0 Å². The number of tetrazole rings is 1. The van der Waals surface area contributed by atoms with Crippen molar-refractivity contribution in [3.63, 3.8) is 0 Å². The number of carbonyl (C=O) groups is 1. The van der Waals surface area contributed by atoms with Crippen molar-refractivity contribution in [2.24, 2.45) is 0 Å². The van der Waals surface area contributed by atoms with Crippen molar-refractivity contribution in [1.82, 2.24) is 35.9 Å². The van der Waals surface area contributed by atoms with Crippen LogP contribution in [0.15, 0.2) is 12.4 Å². The number of hydrogen-bond acceptors (Lipinski definition) is 7. The normalized spacial score (nSPS) is 10.2. The molecule has 0 radical (unpaired) electrons. The van der Waals surface area contributed by atoms with Crippen LogP contribution in [0.2, 0.25) is 0 Å². The summed E-state index contributed by atoms with van der Waals surface area (Å²) in [4.78, 5) is 20.0. The number of H-pyrrole nitrogens is 1. The van der Waals surface area contributed by atoms with Crippen LogP contribution in [0.25, 0.3) is 0 Å². The summed E-state index contributed by atoms with van der Waals surface area (Å²) in [5.74, 6) is 0.646. The molecule has 3 N–H and O–H groups in total. The highest BCUT2D eigenvalue weighted by atomic mass is 16.1. The molecule has 0 aromatic carbocycles. The van der Waals surface area contributed by atoms with Crippen molar-refractivity contribution in [2.45, 2.75) is 19.9 Å². The highest BCUT2D eigenvalue weighted by molar-refractivity contribution is 5.92. The maximum atomic E-state index is 11.8. The van der Waals surface area contributed by atoms with Crippen LogP contribution in [-0.2, 0) is 6.54 Å². The molecule has 0 aliphatic carbocycles. The third-order valence-corrected chi connectivity index (χ3v) is 2.22. The van der Waals surface area contributed by atoms with Gasteiger partial charge in [-0.25, -0.2) is 4.98 Å². The molecule has 0 atom stereocenters. The van der Waals surface area contributed by atoms with E-state index in [0.717, 1.165) is 13.0 Å². The SMILES string of the molecule is CCCNc1cncc(C(=O)NCc2nn[nH]n2)n1. The summed E-state index contributed by atoms with van der Waals surface area (Å²) < 4.78 is 0. The Morgan fingerprint density at radius 2 is 2.32 bits per heavy atom. The molecular formula is C10H14N8O. The van der Waals surface area contributed by atoms with Gasteiger partial charge in [0.2, 0.25) is 0 Å². The number of aromatic nitrogens is 6. The van der Waals surface area contributed by atoms with Crippen LogP contribution in [0.5, 0.6) is 0 Å². The molecule has 100 valence electrons. The smallest absolute Gasteiger partial charge is 0.271 e.